The quantitative estimate of drug-likeness (QED) is 0.561. The Bertz CT molecular complexity index is 298. The molecule has 0 aromatic carbocycles. The lowest BCUT2D eigenvalue weighted by atomic mass is 10.1. The van der Waals surface area contributed by atoms with Gasteiger partial charge in [0.2, 0.25) is 0 Å². The Morgan fingerprint density at radius 3 is 2.81 bits per heavy atom. The first kappa shape index (κ1) is 13.5. The maximum Gasteiger partial charge on any atom is 0.0522 e. The first-order valence-corrected chi connectivity index (χ1v) is 6.79. The fourth-order valence-electron chi connectivity index (χ4n) is 1.44. The van der Waals surface area contributed by atoms with Crippen LogP contribution in [0.3, 0.4) is 0 Å². The summed E-state index contributed by atoms with van der Waals surface area (Å²) in [4.78, 5) is 0. The Labute approximate surface area is 102 Å². The van der Waals surface area contributed by atoms with Gasteiger partial charge in [0.25, 0.3) is 0 Å². The predicted octanol–water partition coefficient (Wildman–Crippen LogP) is 1.42. The smallest absolute Gasteiger partial charge is 0.0522 e. The second-order valence-corrected chi connectivity index (χ2v) is 5.76. The molecule has 4 nitrogen and oxygen atoms in total. The average Bonchev–Trinajstić information content (AvgIpc) is 2.71. The van der Waals surface area contributed by atoms with Crippen LogP contribution >= 0.6 is 11.8 Å². The van der Waals surface area contributed by atoms with Crippen LogP contribution in [-0.2, 0) is 13.0 Å². The summed E-state index contributed by atoms with van der Waals surface area (Å²) in [5.74, 6) is 6.59. The van der Waals surface area contributed by atoms with E-state index in [1.54, 1.807) is 0 Å². The van der Waals surface area contributed by atoms with Gasteiger partial charge in [-0.05, 0) is 24.2 Å². The number of aryl methyl sites for hydroxylation is 1. The summed E-state index contributed by atoms with van der Waals surface area (Å²) in [6, 6.07) is 0.321. The van der Waals surface area contributed by atoms with Gasteiger partial charge in [-0.1, -0.05) is 13.8 Å². The maximum atomic E-state index is 5.56. The molecule has 1 unspecified atom stereocenters. The lowest BCUT2D eigenvalue weighted by Gasteiger charge is -2.15. The summed E-state index contributed by atoms with van der Waals surface area (Å²) < 4.78 is 1.94. The van der Waals surface area contributed by atoms with Gasteiger partial charge in [0, 0.05) is 24.5 Å². The van der Waals surface area contributed by atoms with Crippen molar-refractivity contribution in [3.05, 3.63) is 18.0 Å². The van der Waals surface area contributed by atoms with Gasteiger partial charge in [-0.25, -0.2) is 0 Å². The standard InChI is InChI=1S/C11H22N4S/c1-4-15-7-10(6-13-15)5-11(14-12)8-16-9(2)3/h6-7,9,11,14H,4-5,8,12H2,1-3H3. The summed E-state index contributed by atoms with van der Waals surface area (Å²) in [6.07, 6.45) is 4.95. The highest BCUT2D eigenvalue weighted by atomic mass is 32.2. The van der Waals surface area contributed by atoms with Crippen LogP contribution in [-0.4, -0.2) is 26.8 Å². The van der Waals surface area contributed by atoms with Crippen LogP contribution in [0.25, 0.3) is 0 Å². The summed E-state index contributed by atoms with van der Waals surface area (Å²) in [5, 5.41) is 4.91. The Morgan fingerprint density at radius 1 is 1.56 bits per heavy atom. The largest absolute Gasteiger partial charge is 0.273 e. The van der Waals surface area contributed by atoms with Gasteiger partial charge >= 0.3 is 0 Å². The van der Waals surface area contributed by atoms with Crippen molar-refractivity contribution in [1.29, 1.82) is 0 Å². The van der Waals surface area contributed by atoms with E-state index in [9.17, 15) is 0 Å². The van der Waals surface area contributed by atoms with E-state index >= 15 is 0 Å². The van der Waals surface area contributed by atoms with Gasteiger partial charge in [0.1, 0.15) is 0 Å². The van der Waals surface area contributed by atoms with Gasteiger partial charge in [-0.15, -0.1) is 0 Å². The first-order chi connectivity index (χ1) is 7.65. The Balaban J connectivity index is 2.42. The predicted molar refractivity (Wildman–Crippen MR) is 70.3 cm³/mol. The molecule has 0 bridgehead atoms. The number of nitrogens with one attached hydrogen (secondary N) is 1. The number of aromatic nitrogens is 2. The minimum absolute atomic E-state index is 0.321. The van der Waals surface area contributed by atoms with Crippen molar-refractivity contribution in [2.45, 2.75) is 45.0 Å². The summed E-state index contributed by atoms with van der Waals surface area (Å²) in [5.41, 5.74) is 4.12. The normalized spacial score (nSPS) is 13.3. The van der Waals surface area contributed by atoms with Crippen molar-refractivity contribution in [2.75, 3.05) is 5.75 Å². The molecule has 0 fully saturated rings. The molecule has 1 heterocycles. The molecule has 0 saturated carbocycles. The zero-order chi connectivity index (χ0) is 12.0. The molecule has 16 heavy (non-hydrogen) atoms. The molecule has 3 N–H and O–H groups in total. The van der Waals surface area contributed by atoms with Gasteiger partial charge in [0.05, 0.1) is 6.20 Å². The molecule has 1 rings (SSSR count). The first-order valence-electron chi connectivity index (χ1n) is 5.74. The molecule has 0 aliphatic rings. The molecule has 0 spiro atoms. The number of hydrogen-bond acceptors (Lipinski definition) is 4. The van der Waals surface area contributed by atoms with Crippen molar-refractivity contribution in [3.63, 3.8) is 0 Å². The van der Waals surface area contributed by atoms with Gasteiger partial charge < -0.3 is 0 Å². The highest BCUT2D eigenvalue weighted by molar-refractivity contribution is 7.99. The molecule has 1 atom stereocenters. The van der Waals surface area contributed by atoms with E-state index in [4.69, 9.17) is 5.84 Å². The molecule has 1 aromatic rings. The second kappa shape index (κ2) is 6.93. The van der Waals surface area contributed by atoms with Crippen LogP contribution in [0.2, 0.25) is 0 Å². The molecule has 92 valence electrons. The number of hydrazine groups is 1. The zero-order valence-corrected chi connectivity index (χ0v) is 11.1. The highest BCUT2D eigenvalue weighted by Crippen LogP contribution is 2.13. The zero-order valence-electron chi connectivity index (χ0n) is 10.3. The van der Waals surface area contributed by atoms with Crippen molar-refractivity contribution in [1.82, 2.24) is 15.2 Å². The molecule has 5 heteroatoms. The fraction of sp³-hybridized carbons (Fsp3) is 0.727. The summed E-state index contributed by atoms with van der Waals surface area (Å²) in [7, 11) is 0. The number of nitrogens with zero attached hydrogens (tertiary/aromatic N) is 2. The lowest BCUT2D eigenvalue weighted by Crippen LogP contribution is -2.38. The van der Waals surface area contributed by atoms with Crippen LogP contribution in [0.5, 0.6) is 0 Å². The minimum Gasteiger partial charge on any atom is -0.273 e. The Kier molecular flexibility index (Phi) is 5.87. The Morgan fingerprint density at radius 2 is 2.31 bits per heavy atom. The van der Waals surface area contributed by atoms with E-state index in [0.717, 1.165) is 18.7 Å². The van der Waals surface area contributed by atoms with Crippen molar-refractivity contribution < 1.29 is 0 Å². The van der Waals surface area contributed by atoms with Gasteiger partial charge in [-0.3, -0.25) is 16.0 Å². The van der Waals surface area contributed by atoms with Crippen molar-refractivity contribution in [3.8, 4) is 0 Å². The van der Waals surface area contributed by atoms with Gasteiger partial charge in [-0.2, -0.15) is 16.9 Å². The Hall–Kier alpha value is -0.520. The van der Waals surface area contributed by atoms with Crippen LogP contribution < -0.4 is 11.3 Å². The van der Waals surface area contributed by atoms with Gasteiger partial charge in [0.15, 0.2) is 0 Å². The van der Waals surface area contributed by atoms with Crippen LogP contribution in [0.15, 0.2) is 12.4 Å². The van der Waals surface area contributed by atoms with Crippen molar-refractivity contribution in [2.24, 2.45) is 5.84 Å². The topological polar surface area (TPSA) is 55.9 Å². The molecule has 0 aliphatic heterocycles. The van der Waals surface area contributed by atoms with Crippen LogP contribution in [0.4, 0.5) is 0 Å². The number of rotatable bonds is 7. The molecule has 0 saturated heterocycles. The van der Waals surface area contributed by atoms with E-state index < -0.39 is 0 Å². The third kappa shape index (κ3) is 4.55. The summed E-state index contributed by atoms with van der Waals surface area (Å²) >= 11 is 1.93. The van der Waals surface area contributed by atoms with E-state index in [2.05, 4.69) is 37.5 Å². The number of nitrogens with two attached hydrogens (primary N) is 1. The summed E-state index contributed by atoms with van der Waals surface area (Å²) in [6.45, 7) is 7.41. The molecule has 1 aromatic heterocycles. The van der Waals surface area contributed by atoms with E-state index in [0.29, 0.717) is 11.3 Å². The second-order valence-electron chi connectivity index (χ2n) is 4.15. The number of thioether (sulfide) groups is 1. The molecular weight excluding hydrogens is 220 g/mol. The third-order valence-electron chi connectivity index (χ3n) is 2.36. The number of hydrogen-bond donors (Lipinski definition) is 2. The van der Waals surface area contributed by atoms with E-state index in [1.165, 1.54) is 5.56 Å². The van der Waals surface area contributed by atoms with Crippen molar-refractivity contribution >= 4 is 11.8 Å². The van der Waals surface area contributed by atoms with Crippen LogP contribution in [0.1, 0.15) is 26.3 Å². The monoisotopic (exact) mass is 242 g/mol. The molecule has 0 aliphatic carbocycles. The molecular formula is C11H22N4S. The SMILES string of the molecule is CCn1cc(CC(CSC(C)C)NN)cn1. The third-order valence-corrected chi connectivity index (χ3v) is 3.62. The lowest BCUT2D eigenvalue weighted by molar-refractivity contribution is 0.574. The maximum absolute atomic E-state index is 5.56. The average molecular weight is 242 g/mol. The fourth-order valence-corrected chi connectivity index (χ4v) is 2.28. The molecule has 0 radical (unpaired) electrons. The van der Waals surface area contributed by atoms with E-state index in [1.807, 2.05) is 22.6 Å². The highest BCUT2D eigenvalue weighted by Gasteiger charge is 2.10. The molecule has 0 amide bonds. The van der Waals surface area contributed by atoms with Crippen LogP contribution in [0, 0.1) is 0 Å². The van der Waals surface area contributed by atoms with E-state index in [-0.39, 0.29) is 0 Å². The minimum atomic E-state index is 0.321.